The van der Waals surface area contributed by atoms with E-state index in [-0.39, 0.29) is 5.92 Å². The molecule has 1 aromatic rings. The van der Waals surface area contributed by atoms with Crippen LogP contribution in [-0.4, -0.2) is 51.7 Å². The van der Waals surface area contributed by atoms with Crippen molar-refractivity contribution in [1.29, 1.82) is 0 Å². The summed E-state index contributed by atoms with van der Waals surface area (Å²) in [7, 11) is -1.21. The van der Waals surface area contributed by atoms with Crippen molar-refractivity contribution < 1.29 is 13.2 Å². The van der Waals surface area contributed by atoms with Crippen LogP contribution in [0.1, 0.15) is 25.7 Å². The fourth-order valence-electron chi connectivity index (χ4n) is 3.21. The molecule has 0 aromatic heterocycles. The molecule has 1 saturated carbocycles. The van der Waals surface area contributed by atoms with Crippen LogP contribution in [0.2, 0.25) is 0 Å². The van der Waals surface area contributed by atoms with E-state index in [4.69, 9.17) is 0 Å². The zero-order valence-electron chi connectivity index (χ0n) is 13.7. The Hall–Kier alpha value is -1.56. The maximum absolute atomic E-state index is 12.1. The van der Waals surface area contributed by atoms with Crippen LogP contribution < -0.4 is 4.90 Å². The highest BCUT2D eigenvalue weighted by Crippen LogP contribution is 2.32. The first-order valence-corrected chi connectivity index (χ1v) is 10.1. The number of carbonyl (C=O) groups excluding carboxylic acids is 1. The topological polar surface area (TPSA) is 57.7 Å². The molecule has 1 saturated heterocycles. The van der Waals surface area contributed by atoms with Crippen molar-refractivity contribution in [3.8, 4) is 0 Å². The summed E-state index contributed by atoms with van der Waals surface area (Å²) in [5.74, 6) is 0.586. The van der Waals surface area contributed by atoms with Crippen LogP contribution in [0.25, 0.3) is 0 Å². The molecule has 2 fully saturated rings. The van der Waals surface area contributed by atoms with Crippen molar-refractivity contribution in [3.05, 3.63) is 24.3 Å². The Bertz CT molecular complexity index is 672. The molecule has 6 heteroatoms. The number of hydrogen-bond donors (Lipinski definition) is 0. The highest BCUT2D eigenvalue weighted by Gasteiger charge is 2.35. The summed E-state index contributed by atoms with van der Waals surface area (Å²) in [5.41, 5.74) is 1.05. The second-order valence-corrected chi connectivity index (χ2v) is 8.72. The van der Waals surface area contributed by atoms with Crippen LogP contribution in [0.5, 0.6) is 0 Å². The van der Waals surface area contributed by atoms with Gasteiger partial charge in [0.2, 0.25) is 5.91 Å². The second-order valence-electron chi connectivity index (χ2n) is 6.71. The van der Waals surface area contributed by atoms with Crippen molar-refractivity contribution in [1.82, 2.24) is 4.90 Å². The number of piperidine rings is 1. The molecule has 0 atom stereocenters. The van der Waals surface area contributed by atoms with E-state index in [9.17, 15) is 13.2 Å². The number of anilines is 1. The fraction of sp³-hybridized carbons (Fsp3) is 0.588. The Labute approximate surface area is 138 Å². The van der Waals surface area contributed by atoms with Crippen molar-refractivity contribution in [2.75, 3.05) is 31.3 Å². The normalized spacial score (nSPS) is 19.7. The van der Waals surface area contributed by atoms with Gasteiger partial charge in [-0.15, -0.1) is 0 Å². The molecular formula is C17H24N2O3S. The number of benzene rings is 1. The van der Waals surface area contributed by atoms with Crippen LogP contribution >= 0.6 is 0 Å². The van der Waals surface area contributed by atoms with Gasteiger partial charge in [-0.3, -0.25) is 4.79 Å². The summed E-state index contributed by atoms with van der Waals surface area (Å²) in [6, 6.07) is 7.40. The largest absolute Gasteiger partial charge is 0.371 e. The predicted octanol–water partition coefficient (Wildman–Crippen LogP) is 1.93. The molecule has 0 unspecified atom stereocenters. The van der Waals surface area contributed by atoms with Crippen molar-refractivity contribution in [2.45, 2.75) is 36.6 Å². The van der Waals surface area contributed by atoms with Crippen LogP contribution in [0.15, 0.2) is 29.2 Å². The minimum Gasteiger partial charge on any atom is -0.371 e. The van der Waals surface area contributed by atoms with Gasteiger partial charge in [0.25, 0.3) is 0 Å². The quantitative estimate of drug-likeness (QED) is 0.843. The number of carbonyl (C=O) groups is 1. The number of sulfone groups is 1. The van der Waals surface area contributed by atoms with Gasteiger partial charge < -0.3 is 9.80 Å². The zero-order valence-corrected chi connectivity index (χ0v) is 14.6. The molecule has 0 spiro atoms. The third kappa shape index (κ3) is 3.68. The molecule has 1 aliphatic heterocycles. The molecule has 0 radical (unpaired) electrons. The van der Waals surface area contributed by atoms with E-state index in [0.717, 1.165) is 44.5 Å². The highest BCUT2D eigenvalue weighted by molar-refractivity contribution is 7.90. The van der Waals surface area contributed by atoms with E-state index in [1.165, 1.54) is 6.26 Å². The molecule has 2 aliphatic rings. The number of nitrogens with zero attached hydrogens (tertiary/aromatic N) is 2. The second kappa shape index (κ2) is 6.15. The van der Waals surface area contributed by atoms with Crippen LogP contribution in [0, 0.1) is 5.92 Å². The van der Waals surface area contributed by atoms with Crippen molar-refractivity contribution in [2.24, 2.45) is 5.92 Å². The van der Waals surface area contributed by atoms with Gasteiger partial charge in [0.15, 0.2) is 9.84 Å². The molecule has 5 nitrogen and oxygen atoms in total. The van der Waals surface area contributed by atoms with Gasteiger partial charge in [0.05, 0.1) is 4.90 Å². The maximum Gasteiger partial charge on any atom is 0.225 e. The lowest BCUT2D eigenvalue weighted by Crippen LogP contribution is -2.46. The van der Waals surface area contributed by atoms with E-state index < -0.39 is 9.84 Å². The molecule has 0 bridgehead atoms. The standard InChI is InChI=1S/C17H24N2O3S/c1-18(17(20)13-3-4-13)14-9-11-19(12-10-14)15-5-7-16(8-6-15)23(2,21)22/h5-8,13-14H,3-4,9-12H2,1-2H3. The Kier molecular flexibility index (Phi) is 4.36. The first kappa shape index (κ1) is 16.3. The van der Waals surface area contributed by atoms with E-state index in [1.807, 2.05) is 24.1 Å². The van der Waals surface area contributed by atoms with Crippen LogP contribution in [-0.2, 0) is 14.6 Å². The first-order valence-electron chi connectivity index (χ1n) is 8.18. The number of rotatable bonds is 4. The zero-order chi connectivity index (χ0) is 16.6. The molecule has 1 aromatic carbocycles. The third-order valence-corrected chi connectivity index (χ3v) is 6.04. The summed E-state index contributed by atoms with van der Waals surface area (Å²) in [6.45, 7) is 1.79. The third-order valence-electron chi connectivity index (χ3n) is 4.92. The SMILES string of the molecule is CN(C(=O)C1CC1)C1CCN(c2ccc(S(C)(=O)=O)cc2)CC1. The molecule has 1 heterocycles. The minimum absolute atomic E-state index is 0.279. The average Bonchev–Trinajstić information content (AvgIpc) is 3.38. The van der Waals surface area contributed by atoms with Gasteiger partial charge in [0, 0.05) is 44.0 Å². The van der Waals surface area contributed by atoms with E-state index >= 15 is 0 Å². The van der Waals surface area contributed by atoms with E-state index in [2.05, 4.69) is 4.90 Å². The minimum atomic E-state index is -3.14. The van der Waals surface area contributed by atoms with Gasteiger partial charge in [-0.05, 0) is 49.9 Å². The molecule has 23 heavy (non-hydrogen) atoms. The Balaban J connectivity index is 1.59. The summed E-state index contributed by atoms with van der Waals surface area (Å²) in [4.78, 5) is 16.7. The monoisotopic (exact) mass is 336 g/mol. The lowest BCUT2D eigenvalue weighted by molar-refractivity contribution is -0.133. The van der Waals surface area contributed by atoms with Crippen molar-refractivity contribution >= 4 is 21.4 Å². The van der Waals surface area contributed by atoms with Gasteiger partial charge >= 0.3 is 0 Å². The maximum atomic E-state index is 12.1. The first-order chi connectivity index (χ1) is 10.9. The molecule has 1 aliphatic carbocycles. The fourth-order valence-corrected chi connectivity index (χ4v) is 3.84. The Morgan fingerprint density at radius 3 is 2.13 bits per heavy atom. The van der Waals surface area contributed by atoms with Gasteiger partial charge in [-0.1, -0.05) is 0 Å². The van der Waals surface area contributed by atoms with Gasteiger partial charge in [-0.2, -0.15) is 0 Å². The summed E-state index contributed by atoms with van der Waals surface area (Å²) < 4.78 is 23.0. The molecular weight excluding hydrogens is 312 g/mol. The Morgan fingerprint density at radius 2 is 1.65 bits per heavy atom. The predicted molar refractivity (Wildman–Crippen MR) is 90.3 cm³/mol. The lowest BCUT2D eigenvalue weighted by Gasteiger charge is -2.38. The lowest BCUT2D eigenvalue weighted by atomic mass is 10.0. The van der Waals surface area contributed by atoms with E-state index in [0.29, 0.717) is 16.8 Å². The summed E-state index contributed by atoms with van der Waals surface area (Å²) in [6.07, 6.45) is 5.25. The smallest absolute Gasteiger partial charge is 0.225 e. The van der Waals surface area contributed by atoms with Gasteiger partial charge in [-0.25, -0.2) is 8.42 Å². The van der Waals surface area contributed by atoms with Crippen LogP contribution in [0.4, 0.5) is 5.69 Å². The van der Waals surface area contributed by atoms with E-state index in [1.54, 1.807) is 12.1 Å². The number of hydrogen-bond acceptors (Lipinski definition) is 4. The molecule has 1 amide bonds. The molecule has 3 rings (SSSR count). The van der Waals surface area contributed by atoms with Gasteiger partial charge in [0.1, 0.15) is 0 Å². The molecule has 126 valence electrons. The molecule has 0 N–H and O–H groups in total. The van der Waals surface area contributed by atoms with Crippen molar-refractivity contribution in [3.63, 3.8) is 0 Å². The highest BCUT2D eigenvalue weighted by atomic mass is 32.2. The number of amides is 1. The summed E-state index contributed by atoms with van der Waals surface area (Å²) >= 11 is 0. The average molecular weight is 336 g/mol. The van der Waals surface area contributed by atoms with Crippen LogP contribution in [0.3, 0.4) is 0 Å². The Morgan fingerprint density at radius 1 is 1.09 bits per heavy atom. The summed E-state index contributed by atoms with van der Waals surface area (Å²) in [5, 5.41) is 0.